The number of aromatic nitrogens is 1. The zero-order chi connectivity index (χ0) is 16.2. The molecule has 3 rings (SSSR count). The topological polar surface area (TPSA) is 74.3 Å². The molecule has 7 heteroatoms. The minimum Gasteiger partial charge on any atom is -0.333 e. The summed E-state index contributed by atoms with van der Waals surface area (Å²) in [7, 11) is 0. The van der Waals surface area contributed by atoms with Gasteiger partial charge in [-0.2, -0.15) is 0 Å². The van der Waals surface area contributed by atoms with E-state index in [9.17, 15) is 14.0 Å². The number of nitrogens with zero attached hydrogens (tertiary/aromatic N) is 2. The van der Waals surface area contributed by atoms with Gasteiger partial charge >= 0.3 is 6.03 Å². The normalized spacial score (nSPS) is 17.2. The molecule has 2 aromatic rings. The maximum atomic E-state index is 13.0. The second-order valence-corrected chi connectivity index (χ2v) is 5.20. The number of hydrogen-bond donors (Lipinski definition) is 2. The summed E-state index contributed by atoms with van der Waals surface area (Å²) in [6.07, 6.45) is 1.78. The highest BCUT2D eigenvalue weighted by Crippen LogP contribution is 2.21. The number of pyridine rings is 1. The van der Waals surface area contributed by atoms with Crippen LogP contribution in [0.2, 0.25) is 0 Å². The van der Waals surface area contributed by atoms with Gasteiger partial charge in [0.15, 0.2) is 0 Å². The quantitative estimate of drug-likeness (QED) is 0.911. The van der Waals surface area contributed by atoms with Crippen molar-refractivity contribution in [3.8, 4) is 0 Å². The largest absolute Gasteiger partial charge is 0.333 e. The molecular weight excluding hydrogens is 299 g/mol. The molecule has 0 saturated carbocycles. The fourth-order valence-corrected chi connectivity index (χ4v) is 2.45. The summed E-state index contributed by atoms with van der Waals surface area (Å²) in [4.78, 5) is 29.5. The summed E-state index contributed by atoms with van der Waals surface area (Å²) in [5.41, 5.74) is 0.617. The molecule has 0 aliphatic carbocycles. The van der Waals surface area contributed by atoms with Crippen molar-refractivity contribution in [2.75, 3.05) is 16.8 Å². The summed E-state index contributed by atoms with van der Waals surface area (Å²) in [5, 5.41) is 5.35. The van der Waals surface area contributed by atoms with Gasteiger partial charge in [-0.25, -0.2) is 14.2 Å². The van der Waals surface area contributed by atoms with E-state index in [-0.39, 0.29) is 24.2 Å². The van der Waals surface area contributed by atoms with Crippen LogP contribution in [0.1, 0.15) is 6.42 Å². The highest BCUT2D eigenvalue weighted by molar-refractivity contribution is 5.97. The molecule has 0 unspecified atom stereocenters. The van der Waals surface area contributed by atoms with E-state index in [1.807, 2.05) is 0 Å². The van der Waals surface area contributed by atoms with Crippen molar-refractivity contribution in [1.82, 2.24) is 10.3 Å². The summed E-state index contributed by atoms with van der Waals surface area (Å²) >= 11 is 0. The van der Waals surface area contributed by atoms with E-state index < -0.39 is 6.03 Å². The maximum Gasteiger partial charge on any atom is 0.320 e. The van der Waals surface area contributed by atoms with Gasteiger partial charge in [-0.3, -0.25) is 10.1 Å². The Kier molecular flexibility index (Phi) is 4.18. The Hall–Kier alpha value is -2.96. The molecule has 118 valence electrons. The highest BCUT2D eigenvalue weighted by atomic mass is 19.1. The van der Waals surface area contributed by atoms with Crippen molar-refractivity contribution in [3.05, 3.63) is 54.5 Å². The Morgan fingerprint density at radius 1 is 1.22 bits per heavy atom. The number of urea groups is 1. The van der Waals surface area contributed by atoms with Crippen molar-refractivity contribution in [2.45, 2.75) is 12.5 Å². The standard InChI is InChI=1S/C16H15FN4O2/c17-11-4-6-13(7-5-11)21-10-12(9-15(21)22)19-16(23)20-14-3-1-2-8-18-14/h1-8,12H,9-10H2,(H2,18,19,20,23)/t12-/m0/s1. The molecule has 2 N–H and O–H groups in total. The third-order valence-corrected chi connectivity index (χ3v) is 3.51. The number of amides is 3. The Morgan fingerprint density at radius 3 is 2.70 bits per heavy atom. The highest BCUT2D eigenvalue weighted by Gasteiger charge is 2.31. The van der Waals surface area contributed by atoms with Crippen LogP contribution >= 0.6 is 0 Å². The number of carbonyl (C=O) groups is 2. The minimum absolute atomic E-state index is 0.111. The average molecular weight is 314 g/mol. The lowest BCUT2D eigenvalue weighted by molar-refractivity contribution is -0.117. The van der Waals surface area contributed by atoms with Crippen molar-refractivity contribution in [3.63, 3.8) is 0 Å². The van der Waals surface area contributed by atoms with E-state index in [0.717, 1.165) is 0 Å². The van der Waals surface area contributed by atoms with Gasteiger partial charge in [0.05, 0.1) is 6.04 Å². The van der Waals surface area contributed by atoms with E-state index in [4.69, 9.17) is 0 Å². The van der Waals surface area contributed by atoms with Crippen LogP contribution in [0.4, 0.5) is 20.7 Å². The van der Waals surface area contributed by atoms with Gasteiger partial charge in [0, 0.05) is 24.8 Å². The fraction of sp³-hybridized carbons (Fsp3) is 0.188. The first kappa shape index (κ1) is 15.0. The molecule has 23 heavy (non-hydrogen) atoms. The van der Waals surface area contributed by atoms with Crippen molar-refractivity contribution < 1.29 is 14.0 Å². The Balaban J connectivity index is 1.59. The Bertz CT molecular complexity index is 706. The predicted molar refractivity (Wildman–Crippen MR) is 83.5 cm³/mol. The van der Waals surface area contributed by atoms with E-state index in [1.165, 1.54) is 17.0 Å². The number of nitrogens with one attached hydrogen (secondary N) is 2. The SMILES string of the molecule is O=C(Nc1ccccn1)N[C@H]1CC(=O)N(c2ccc(F)cc2)C1. The molecular formula is C16H15FN4O2. The van der Waals surface area contributed by atoms with Gasteiger partial charge in [0.1, 0.15) is 11.6 Å². The zero-order valence-electron chi connectivity index (χ0n) is 12.2. The third-order valence-electron chi connectivity index (χ3n) is 3.51. The van der Waals surface area contributed by atoms with Gasteiger partial charge in [-0.15, -0.1) is 0 Å². The van der Waals surface area contributed by atoms with Gasteiger partial charge < -0.3 is 10.2 Å². The monoisotopic (exact) mass is 314 g/mol. The molecule has 0 bridgehead atoms. The predicted octanol–water partition coefficient (Wildman–Crippen LogP) is 2.15. The fourth-order valence-electron chi connectivity index (χ4n) is 2.45. The second kappa shape index (κ2) is 6.43. The van der Waals surface area contributed by atoms with Crippen LogP contribution in [0.5, 0.6) is 0 Å². The number of rotatable bonds is 3. The van der Waals surface area contributed by atoms with Crippen LogP contribution in [-0.4, -0.2) is 29.5 Å². The van der Waals surface area contributed by atoms with E-state index in [0.29, 0.717) is 18.1 Å². The number of hydrogen-bond acceptors (Lipinski definition) is 3. The molecule has 1 aromatic carbocycles. The lowest BCUT2D eigenvalue weighted by Crippen LogP contribution is -2.39. The lowest BCUT2D eigenvalue weighted by Gasteiger charge is -2.17. The van der Waals surface area contributed by atoms with Gasteiger partial charge in [0.2, 0.25) is 5.91 Å². The average Bonchev–Trinajstić information content (AvgIpc) is 2.89. The number of anilines is 2. The number of halogens is 1. The maximum absolute atomic E-state index is 13.0. The molecule has 1 aliphatic rings. The molecule has 2 heterocycles. The van der Waals surface area contributed by atoms with Gasteiger partial charge in [0.25, 0.3) is 0 Å². The number of carbonyl (C=O) groups excluding carboxylic acids is 2. The smallest absolute Gasteiger partial charge is 0.320 e. The molecule has 6 nitrogen and oxygen atoms in total. The summed E-state index contributed by atoms with van der Waals surface area (Å²) in [6, 6.07) is 10.2. The van der Waals surface area contributed by atoms with Crippen LogP contribution in [0, 0.1) is 5.82 Å². The first-order valence-electron chi connectivity index (χ1n) is 7.16. The zero-order valence-corrected chi connectivity index (χ0v) is 12.2. The first-order chi connectivity index (χ1) is 11.1. The first-order valence-corrected chi connectivity index (χ1v) is 7.16. The summed E-state index contributed by atoms with van der Waals surface area (Å²) in [6.45, 7) is 0.347. The summed E-state index contributed by atoms with van der Waals surface area (Å²) < 4.78 is 13.0. The van der Waals surface area contributed by atoms with Crippen molar-refractivity contribution >= 4 is 23.4 Å². The van der Waals surface area contributed by atoms with Crippen molar-refractivity contribution in [1.29, 1.82) is 0 Å². The Labute approximate surface area is 132 Å². The molecule has 0 spiro atoms. The van der Waals surface area contributed by atoms with Gasteiger partial charge in [-0.1, -0.05) is 6.07 Å². The third kappa shape index (κ3) is 3.63. The van der Waals surface area contributed by atoms with Crippen LogP contribution in [0.15, 0.2) is 48.7 Å². The molecule has 3 amide bonds. The second-order valence-electron chi connectivity index (χ2n) is 5.20. The van der Waals surface area contributed by atoms with Crippen molar-refractivity contribution in [2.24, 2.45) is 0 Å². The molecule has 1 aliphatic heterocycles. The van der Waals surface area contributed by atoms with Crippen LogP contribution in [-0.2, 0) is 4.79 Å². The molecule has 1 saturated heterocycles. The Morgan fingerprint density at radius 2 is 2.00 bits per heavy atom. The van der Waals surface area contributed by atoms with E-state index >= 15 is 0 Å². The summed E-state index contributed by atoms with van der Waals surface area (Å²) in [5.74, 6) is -0.0331. The number of benzene rings is 1. The molecule has 1 aromatic heterocycles. The molecule has 1 atom stereocenters. The van der Waals surface area contributed by atoms with Crippen LogP contribution in [0.25, 0.3) is 0 Å². The van der Waals surface area contributed by atoms with Crippen LogP contribution in [0.3, 0.4) is 0 Å². The van der Waals surface area contributed by atoms with Crippen LogP contribution < -0.4 is 15.5 Å². The molecule has 0 radical (unpaired) electrons. The van der Waals surface area contributed by atoms with Gasteiger partial charge in [-0.05, 0) is 36.4 Å². The van der Waals surface area contributed by atoms with E-state index in [1.54, 1.807) is 36.5 Å². The lowest BCUT2D eigenvalue weighted by atomic mass is 10.2. The molecule has 1 fully saturated rings. The minimum atomic E-state index is -0.414. The van der Waals surface area contributed by atoms with E-state index in [2.05, 4.69) is 15.6 Å².